The van der Waals surface area contributed by atoms with Gasteiger partial charge in [-0.15, -0.1) is 11.3 Å². The van der Waals surface area contributed by atoms with E-state index in [4.69, 9.17) is 4.74 Å². The Hall–Kier alpha value is -1.61. The number of hydrogen-bond donors (Lipinski definition) is 0. The van der Waals surface area contributed by atoms with Crippen LogP contribution >= 0.6 is 11.3 Å². The van der Waals surface area contributed by atoms with Gasteiger partial charge in [-0.05, 0) is 23.6 Å². The summed E-state index contributed by atoms with van der Waals surface area (Å²) in [7, 11) is 1.65. The first-order valence-electron chi connectivity index (χ1n) is 4.60. The van der Waals surface area contributed by atoms with E-state index >= 15 is 0 Å². The summed E-state index contributed by atoms with van der Waals surface area (Å²) in [4.78, 5) is 5.51. The molecular weight excluding hydrogens is 206 g/mol. The van der Waals surface area contributed by atoms with E-state index in [0.717, 1.165) is 16.3 Å². The zero-order chi connectivity index (χ0) is 10.5. The molecule has 3 heteroatoms. The zero-order valence-corrected chi connectivity index (χ0v) is 9.20. The van der Waals surface area contributed by atoms with Crippen LogP contribution in [0.4, 0.5) is 5.69 Å². The van der Waals surface area contributed by atoms with Crippen LogP contribution < -0.4 is 4.74 Å². The van der Waals surface area contributed by atoms with Crippen LogP contribution in [0.15, 0.2) is 46.8 Å². The minimum atomic E-state index is 0.829. The molecule has 0 saturated heterocycles. The van der Waals surface area contributed by atoms with Crippen molar-refractivity contribution in [2.45, 2.75) is 0 Å². The maximum Gasteiger partial charge on any atom is 0.121 e. The monoisotopic (exact) mass is 217 g/mol. The van der Waals surface area contributed by atoms with Crippen molar-refractivity contribution in [1.82, 2.24) is 0 Å². The lowest BCUT2D eigenvalue weighted by atomic mass is 10.3. The van der Waals surface area contributed by atoms with E-state index in [1.165, 1.54) is 0 Å². The van der Waals surface area contributed by atoms with Gasteiger partial charge in [-0.1, -0.05) is 12.1 Å². The SMILES string of the molecule is COc1cccc(/N=C/c2cccs2)c1. The fourth-order valence-electron chi connectivity index (χ4n) is 1.19. The Labute approximate surface area is 92.9 Å². The fourth-order valence-corrected chi connectivity index (χ4v) is 1.78. The Balaban J connectivity index is 2.17. The highest BCUT2D eigenvalue weighted by atomic mass is 32.1. The number of hydrogen-bond acceptors (Lipinski definition) is 3. The van der Waals surface area contributed by atoms with Crippen molar-refractivity contribution >= 4 is 23.2 Å². The fraction of sp³-hybridized carbons (Fsp3) is 0.0833. The molecule has 0 aliphatic carbocycles. The highest BCUT2D eigenvalue weighted by molar-refractivity contribution is 7.11. The first-order valence-corrected chi connectivity index (χ1v) is 5.48. The van der Waals surface area contributed by atoms with Gasteiger partial charge in [0.2, 0.25) is 0 Å². The summed E-state index contributed by atoms with van der Waals surface area (Å²) in [6.07, 6.45) is 1.86. The van der Waals surface area contributed by atoms with Gasteiger partial charge in [0.05, 0.1) is 12.8 Å². The average molecular weight is 217 g/mol. The summed E-state index contributed by atoms with van der Waals surface area (Å²) >= 11 is 1.67. The van der Waals surface area contributed by atoms with Gasteiger partial charge >= 0.3 is 0 Å². The molecule has 0 aliphatic rings. The highest BCUT2D eigenvalue weighted by Gasteiger charge is 1.92. The number of aliphatic imine (C=N–C) groups is 1. The van der Waals surface area contributed by atoms with Crippen molar-refractivity contribution in [1.29, 1.82) is 0 Å². The predicted molar refractivity (Wildman–Crippen MR) is 64.6 cm³/mol. The quantitative estimate of drug-likeness (QED) is 0.721. The molecule has 0 fully saturated rings. The van der Waals surface area contributed by atoms with E-state index in [0.29, 0.717) is 0 Å². The molecule has 0 N–H and O–H groups in total. The van der Waals surface area contributed by atoms with Crippen molar-refractivity contribution in [2.75, 3.05) is 7.11 Å². The Morgan fingerprint density at radius 3 is 2.93 bits per heavy atom. The maximum atomic E-state index is 5.12. The number of thiophene rings is 1. The molecule has 0 unspecified atom stereocenters. The first kappa shape index (κ1) is 9.93. The minimum absolute atomic E-state index is 0.829. The van der Waals surface area contributed by atoms with Gasteiger partial charge < -0.3 is 4.74 Å². The number of methoxy groups -OCH3 is 1. The average Bonchev–Trinajstić information content (AvgIpc) is 2.79. The number of benzene rings is 1. The molecule has 0 aliphatic heterocycles. The molecule has 0 radical (unpaired) electrons. The number of nitrogens with zero attached hydrogens (tertiary/aromatic N) is 1. The molecule has 0 spiro atoms. The lowest BCUT2D eigenvalue weighted by Crippen LogP contribution is -1.80. The molecule has 2 nitrogen and oxygen atoms in total. The molecule has 1 aromatic carbocycles. The molecule has 76 valence electrons. The largest absolute Gasteiger partial charge is 0.497 e. The molecule has 1 aromatic heterocycles. The van der Waals surface area contributed by atoms with E-state index in [-0.39, 0.29) is 0 Å². The van der Waals surface area contributed by atoms with Gasteiger partial charge in [-0.2, -0.15) is 0 Å². The van der Waals surface area contributed by atoms with Crippen LogP contribution in [0, 0.1) is 0 Å². The van der Waals surface area contributed by atoms with Gasteiger partial charge in [-0.3, -0.25) is 4.99 Å². The van der Waals surface area contributed by atoms with Crippen LogP contribution in [0.25, 0.3) is 0 Å². The normalized spacial score (nSPS) is 10.7. The van der Waals surface area contributed by atoms with Crippen molar-refractivity contribution in [2.24, 2.45) is 4.99 Å². The van der Waals surface area contributed by atoms with Crippen LogP contribution in [-0.2, 0) is 0 Å². The summed E-state index contributed by atoms with van der Waals surface area (Å²) in [6.45, 7) is 0. The highest BCUT2D eigenvalue weighted by Crippen LogP contribution is 2.19. The molecule has 1 heterocycles. The Morgan fingerprint density at radius 1 is 1.27 bits per heavy atom. The van der Waals surface area contributed by atoms with Gasteiger partial charge in [0, 0.05) is 17.2 Å². The molecule has 2 rings (SSSR count). The smallest absolute Gasteiger partial charge is 0.121 e. The van der Waals surface area contributed by atoms with Gasteiger partial charge in [-0.25, -0.2) is 0 Å². The Morgan fingerprint density at radius 2 is 2.20 bits per heavy atom. The van der Waals surface area contributed by atoms with Gasteiger partial charge in [0.15, 0.2) is 0 Å². The van der Waals surface area contributed by atoms with Crippen molar-refractivity contribution < 1.29 is 4.74 Å². The van der Waals surface area contributed by atoms with E-state index < -0.39 is 0 Å². The maximum absolute atomic E-state index is 5.12. The number of ether oxygens (including phenoxy) is 1. The van der Waals surface area contributed by atoms with E-state index in [2.05, 4.69) is 4.99 Å². The van der Waals surface area contributed by atoms with Crippen molar-refractivity contribution in [3.63, 3.8) is 0 Å². The summed E-state index contributed by atoms with van der Waals surface area (Å²) in [5.41, 5.74) is 0.905. The van der Waals surface area contributed by atoms with Crippen LogP contribution in [0.5, 0.6) is 5.75 Å². The van der Waals surface area contributed by atoms with Crippen LogP contribution in [0.1, 0.15) is 4.88 Å². The third kappa shape index (κ3) is 2.67. The second-order valence-electron chi connectivity index (χ2n) is 2.98. The minimum Gasteiger partial charge on any atom is -0.497 e. The van der Waals surface area contributed by atoms with Crippen molar-refractivity contribution in [3.05, 3.63) is 46.7 Å². The third-order valence-electron chi connectivity index (χ3n) is 1.94. The molecule has 0 amide bonds. The molecule has 15 heavy (non-hydrogen) atoms. The standard InChI is InChI=1S/C12H11NOS/c1-14-11-5-2-4-10(8-11)13-9-12-6-3-7-15-12/h2-9H,1H3/b13-9+. The topological polar surface area (TPSA) is 21.6 Å². The molecule has 0 bridgehead atoms. The second-order valence-corrected chi connectivity index (χ2v) is 3.95. The molecule has 0 saturated carbocycles. The van der Waals surface area contributed by atoms with E-state index in [1.807, 2.05) is 48.0 Å². The third-order valence-corrected chi connectivity index (χ3v) is 2.74. The Kier molecular flexibility index (Phi) is 3.15. The summed E-state index contributed by atoms with van der Waals surface area (Å²) in [6, 6.07) is 11.7. The lowest BCUT2D eigenvalue weighted by Gasteiger charge is -1.99. The summed E-state index contributed by atoms with van der Waals surface area (Å²) < 4.78 is 5.12. The summed E-state index contributed by atoms with van der Waals surface area (Å²) in [5, 5.41) is 2.03. The number of rotatable bonds is 3. The summed E-state index contributed by atoms with van der Waals surface area (Å²) in [5.74, 6) is 0.829. The molecule has 0 atom stereocenters. The predicted octanol–water partition coefficient (Wildman–Crippen LogP) is 3.51. The molecule has 2 aromatic rings. The Bertz CT molecular complexity index is 448. The van der Waals surface area contributed by atoms with E-state index in [9.17, 15) is 0 Å². The van der Waals surface area contributed by atoms with Crippen LogP contribution in [0.3, 0.4) is 0 Å². The zero-order valence-electron chi connectivity index (χ0n) is 8.38. The van der Waals surface area contributed by atoms with Gasteiger partial charge in [0.1, 0.15) is 5.75 Å². The second kappa shape index (κ2) is 4.75. The van der Waals surface area contributed by atoms with E-state index in [1.54, 1.807) is 18.4 Å². The lowest BCUT2D eigenvalue weighted by molar-refractivity contribution is 0.415. The van der Waals surface area contributed by atoms with Crippen molar-refractivity contribution in [3.8, 4) is 5.75 Å². The van der Waals surface area contributed by atoms with Crippen LogP contribution in [-0.4, -0.2) is 13.3 Å². The van der Waals surface area contributed by atoms with Crippen LogP contribution in [0.2, 0.25) is 0 Å². The van der Waals surface area contributed by atoms with Gasteiger partial charge in [0.25, 0.3) is 0 Å². The first-order chi connectivity index (χ1) is 7.38. The molecular formula is C12H11NOS.